The largest absolute Gasteiger partial charge is 0.378 e. The van der Waals surface area contributed by atoms with E-state index in [1.807, 2.05) is 13.8 Å². The van der Waals surface area contributed by atoms with Crippen LogP contribution in [0.25, 0.3) is 0 Å². The van der Waals surface area contributed by atoms with Gasteiger partial charge in [0.05, 0.1) is 19.0 Å². The normalized spacial score (nSPS) is 21.6. The number of hydrogen-bond acceptors (Lipinski definition) is 4. The first-order valence-electron chi connectivity index (χ1n) is 6.32. The Morgan fingerprint density at radius 1 is 1.53 bits per heavy atom. The van der Waals surface area contributed by atoms with E-state index in [4.69, 9.17) is 16.3 Å². The molecule has 1 rings (SSSR count). The summed E-state index contributed by atoms with van der Waals surface area (Å²) in [5, 5.41) is 2.72. The second-order valence-corrected chi connectivity index (χ2v) is 7.14. The molecule has 8 heteroatoms. The van der Waals surface area contributed by atoms with E-state index in [9.17, 15) is 13.2 Å². The van der Waals surface area contributed by atoms with E-state index in [0.717, 1.165) is 0 Å². The minimum Gasteiger partial charge on any atom is -0.378 e. The molecule has 1 saturated heterocycles. The maximum Gasteiger partial charge on any atom is 0.241 e. The van der Waals surface area contributed by atoms with Crippen LogP contribution in [0.3, 0.4) is 0 Å². The summed E-state index contributed by atoms with van der Waals surface area (Å²) < 4.78 is 30.8. The number of carbonyl (C=O) groups is 1. The third kappa shape index (κ3) is 4.91. The third-order valence-corrected chi connectivity index (χ3v) is 4.93. The summed E-state index contributed by atoms with van der Waals surface area (Å²) >= 11 is 5.53. The van der Waals surface area contributed by atoms with Gasteiger partial charge in [-0.15, -0.1) is 11.6 Å². The topological polar surface area (TPSA) is 75.7 Å². The first-order chi connectivity index (χ1) is 8.88. The van der Waals surface area contributed by atoms with E-state index in [1.54, 1.807) is 0 Å². The van der Waals surface area contributed by atoms with Crippen LogP contribution in [0.4, 0.5) is 0 Å². The Kier molecular flexibility index (Phi) is 6.52. The standard InChI is InChI=1S/C11H21ClN2O4S/c1-9(2)13-11(15)10-8-18-6-5-14(10)19(16,17)7-3-4-12/h9-10H,3-8H2,1-2H3,(H,13,15). The van der Waals surface area contributed by atoms with Crippen molar-refractivity contribution < 1.29 is 17.9 Å². The lowest BCUT2D eigenvalue weighted by atomic mass is 10.2. The Balaban J connectivity index is 2.80. The quantitative estimate of drug-likeness (QED) is 0.709. The minimum absolute atomic E-state index is 0.0397. The first-order valence-corrected chi connectivity index (χ1v) is 8.46. The molecule has 0 aliphatic carbocycles. The molecule has 6 nitrogen and oxygen atoms in total. The molecule has 1 aliphatic rings. The van der Waals surface area contributed by atoms with Crippen LogP contribution < -0.4 is 5.32 Å². The lowest BCUT2D eigenvalue weighted by molar-refractivity contribution is -0.129. The van der Waals surface area contributed by atoms with E-state index in [2.05, 4.69) is 5.32 Å². The summed E-state index contributed by atoms with van der Waals surface area (Å²) in [6.45, 7) is 4.27. The van der Waals surface area contributed by atoms with E-state index in [-0.39, 0.29) is 36.7 Å². The number of carbonyl (C=O) groups excluding carboxylic acids is 1. The maximum atomic E-state index is 12.2. The zero-order valence-electron chi connectivity index (χ0n) is 11.3. The highest BCUT2D eigenvalue weighted by Gasteiger charge is 2.37. The smallest absolute Gasteiger partial charge is 0.241 e. The number of alkyl halides is 1. The summed E-state index contributed by atoms with van der Waals surface area (Å²) in [5.74, 6) is -0.0712. The van der Waals surface area contributed by atoms with Gasteiger partial charge in [-0.25, -0.2) is 8.42 Å². The molecule has 0 aromatic heterocycles. The molecule has 1 fully saturated rings. The van der Waals surface area contributed by atoms with Crippen LogP contribution in [0, 0.1) is 0 Å². The Labute approximate surface area is 119 Å². The third-order valence-electron chi connectivity index (χ3n) is 2.71. The number of nitrogens with zero attached hydrogens (tertiary/aromatic N) is 1. The van der Waals surface area contributed by atoms with Gasteiger partial charge in [-0.2, -0.15) is 4.31 Å². The van der Waals surface area contributed by atoms with Crippen molar-refractivity contribution in [3.05, 3.63) is 0 Å². The van der Waals surface area contributed by atoms with Crippen LogP contribution >= 0.6 is 11.6 Å². The van der Waals surface area contributed by atoms with E-state index >= 15 is 0 Å². The molecule has 1 amide bonds. The van der Waals surface area contributed by atoms with Gasteiger partial charge in [0.15, 0.2) is 0 Å². The summed E-state index contributed by atoms with van der Waals surface area (Å²) in [6.07, 6.45) is 0.375. The highest BCUT2D eigenvalue weighted by Crippen LogP contribution is 2.14. The molecular formula is C11H21ClN2O4S. The molecule has 0 bridgehead atoms. The predicted molar refractivity (Wildman–Crippen MR) is 73.7 cm³/mol. The second-order valence-electron chi connectivity index (χ2n) is 4.72. The molecule has 0 saturated carbocycles. The van der Waals surface area contributed by atoms with Gasteiger partial charge < -0.3 is 10.1 Å². The van der Waals surface area contributed by atoms with Gasteiger partial charge in [-0.3, -0.25) is 4.79 Å². The molecule has 0 aromatic carbocycles. The Morgan fingerprint density at radius 2 is 2.21 bits per heavy atom. The molecule has 1 atom stereocenters. The zero-order chi connectivity index (χ0) is 14.5. The summed E-state index contributed by atoms with van der Waals surface area (Å²) in [6, 6.07) is -0.821. The Bertz CT molecular complexity index is 399. The molecule has 1 unspecified atom stereocenters. The van der Waals surface area contributed by atoms with Gasteiger partial charge in [0.25, 0.3) is 0 Å². The van der Waals surface area contributed by atoms with Crippen LogP contribution in [-0.2, 0) is 19.6 Å². The predicted octanol–water partition coefficient (Wildman–Crippen LogP) is 0.171. The summed E-state index contributed by atoms with van der Waals surface area (Å²) in [7, 11) is -3.47. The number of hydrogen-bond donors (Lipinski definition) is 1. The van der Waals surface area contributed by atoms with Gasteiger partial charge in [0, 0.05) is 18.5 Å². The van der Waals surface area contributed by atoms with E-state index in [1.165, 1.54) is 4.31 Å². The highest BCUT2D eigenvalue weighted by atomic mass is 35.5. The maximum absolute atomic E-state index is 12.2. The number of rotatable bonds is 6. The highest BCUT2D eigenvalue weighted by molar-refractivity contribution is 7.89. The lowest BCUT2D eigenvalue weighted by Crippen LogP contribution is -2.57. The lowest BCUT2D eigenvalue weighted by Gasteiger charge is -2.33. The van der Waals surface area contributed by atoms with Crippen molar-refractivity contribution in [1.82, 2.24) is 9.62 Å². The van der Waals surface area contributed by atoms with Crippen LogP contribution in [-0.4, -0.2) is 62.1 Å². The van der Waals surface area contributed by atoms with E-state index in [0.29, 0.717) is 13.0 Å². The van der Waals surface area contributed by atoms with Gasteiger partial charge in [0.1, 0.15) is 6.04 Å². The fourth-order valence-electron chi connectivity index (χ4n) is 1.86. The van der Waals surface area contributed by atoms with Crippen LogP contribution in [0.15, 0.2) is 0 Å². The van der Waals surface area contributed by atoms with Crippen LogP contribution in [0.2, 0.25) is 0 Å². The van der Waals surface area contributed by atoms with Crippen molar-refractivity contribution in [3.8, 4) is 0 Å². The van der Waals surface area contributed by atoms with Crippen molar-refractivity contribution in [3.63, 3.8) is 0 Å². The average molecular weight is 313 g/mol. The van der Waals surface area contributed by atoms with E-state index < -0.39 is 16.1 Å². The van der Waals surface area contributed by atoms with Crippen molar-refractivity contribution in [1.29, 1.82) is 0 Å². The molecule has 1 N–H and O–H groups in total. The molecule has 0 spiro atoms. The molecule has 1 aliphatic heterocycles. The number of morpholine rings is 1. The number of sulfonamides is 1. The van der Waals surface area contributed by atoms with Crippen molar-refractivity contribution in [2.24, 2.45) is 0 Å². The number of ether oxygens (including phenoxy) is 1. The summed E-state index contributed by atoms with van der Waals surface area (Å²) in [4.78, 5) is 12.0. The van der Waals surface area contributed by atoms with Crippen LogP contribution in [0.5, 0.6) is 0 Å². The summed E-state index contributed by atoms with van der Waals surface area (Å²) in [5.41, 5.74) is 0. The molecule has 0 radical (unpaired) electrons. The van der Waals surface area contributed by atoms with Crippen molar-refractivity contribution in [2.75, 3.05) is 31.4 Å². The Morgan fingerprint density at radius 3 is 2.79 bits per heavy atom. The zero-order valence-corrected chi connectivity index (χ0v) is 12.8. The molecule has 0 aromatic rings. The number of nitrogens with one attached hydrogen (secondary N) is 1. The minimum atomic E-state index is -3.47. The number of amides is 1. The molecule has 19 heavy (non-hydrogen) atoms. The van der Waals surface area contributed by atoms with Gasteiger partial charge in [-0.05, 0) is 20.3 Å². The fraction of sp³-hybridized carbons (Fsp3) is 0.909. The SMILES string of the molecule is CC(C)NC(=O)C1COCCN1S(=O)(=O)CCCCl. The second kappa shape index (κ2) is 7.42. The Hall–Kier alpha value is -0.370. The van der Waals surface area contributed by atoms with Gasteiger partial charge >= 0.3 is 0 Å². The fourth-order valence-corrected chi connectivity index (χ4v) is 3.80. The van der Waals surface area contributed by atoms with Crippen molar-refractivity contribution >= 4 is 27.5 Å². The average Bonchev–Trinajstić information content (AvgIpc) is 2.35. The van der Waals surface area contributed by atoms with Gasteiger partial charge in [0.2, 0.25) is 15.9 Å². The van der Waals surface area contributed by atoms with Crippen LogP contribution in [0.1, 0.15) is 20.3 Å². The van der Waals surface area contributed by atoms with Crippen molar-refractivity contribution in [2.45, 2.75) is 32.4 Å². The molecular weight excluding hydrogens is 292 g/mol. The van der Waals surface area contributed by atoms with Gasteiger partial charge in [-0.1, -0.05) is 0 Å². The molecule has 112 valence electrons. The number of halogens is 1. The molecule has 1 heterocycles. The monoisotopic (exact) mass is 312 g/mol. The first kappa shape index (κ1) is 16.7.